The number of hydrogen-bond donors (Lipinski definition) is 2. The van der Waals surface area contributed by atoms with Crippen LogP contribution in [0.1, 0.15) is 24.2 Å². The maximum atomic E-state index is 11.9. The number of nitrogens with one attached hydrogen (secondary N) is 1. The van der Waals surface area contributed by atoms with Crippen LogP contribution in [0.5, 0.6) is 0 Å². The maximum Gasteiger partial charge on any atom is 0.283 e. The minimum atomic E-state index is -0.636. The molecule has 1 unspecified atom stereocenters. The van der Waals surface area contributed by atoms with Crippen molar-refractivity contribution in [2.75, 3.05) is 6.54 Å². The highest BCUT2D eigenvalue weighted by molar-refractivity contribution is 6.31. The van der Waals surface area contributed by atoms with Gasteiger partial charge in [0.25, 0.3) is 11.6 Å². The van der Waals surface area contributed by atoms with Gasteiger partial charge in [-0.1, -0.05) is 25.4 Å². The third kappa shape index (κ3) is 4.18. The van der Waals surface area contributed by atoms with Crippen molar-refractivity contribution in [3.63, 3.8) is 0 Å². The Morgan fingerprint density at radius 3 is 2.68 bits per heavy atom. The lowest BCUT2D eigenvalue weighted by molar-refractivity contribution is -0.385. The van der Waals surface area contributed by atoms with Gasteiger partial charge in [-0.25, -0.2) is 0 Å². The third-order valence-electron chi connectivity index (χ3n) is 2.76. The molecule has 7 heteroatoms. The molecule has 0 bridgehead atoms. The van der Waals surface area contributed by atoms with E-state index in [0.29, 0.717) is 0 Å². The Balaban J connectivity index is 2.85. The predicted molar refractivity (Wildman–Crippen MR) is 73.3 cm³/mol. The molecule has 0 fully saturated rings. The van der Waals surface area contributed by atoms with Crippen LogP contribution in [0.25, 0.3) is 0 Å². The summed E-state index contributed by atoms with van der Waals surface area (Å²) in [5.41, 5.74) is 5.46. The van der Waals surface area contributed by atoms with E-state index in [1.807, 2.05) is 13.8 Å². The SMILES string of the molecule is CC(C)C(N)CNC(=O)c1ccc(Cl)cc1[N+](=O)[O-]. The number of hydrogen-bond acceptors (Lipinski definition) is 4. The number of halogens is 1. The molecule has 104 valence electrons. The molecule has 1 amide bonds. The average Bonchev–Trinajstić information content (AvgIpc) is 2.35. The van der Waals surface area contributed by atoms with Crippen molar-refractivity contribution in [1.29, 1.82) is 0 Å². The second-order valence-corrected chi connectivity index (χ2v) is 4.97. The number of nitrogens with zero attached hydrogens (tertiary/aromatic N) is 1. The van der Waals surface area contributed by atoms with Gasteiger partial charge in [0, 0.05) is 23.7 Å². The van der Waals surface area contributed by atoms with Crippen LogP contribution in [0.15, 0.2) is 18.2 Å². The summed E-state index contributed by atoms with van der Waals surface area (Å²) in [5, 5.41) is 13.7. The smallest absolute Gasteiger partial charge is 0.283 e. The van der Waals surface area contributed by atoms with Gasteiger partial charge >= 0.3 is 0 Å². The summed E-state index contributed by atoms with van der Waals surface area (Å²) in [4.78, 5) is 22.1. The zero-order valence-electron chi connectivity index (χ0n) is 10.7. The Kier molecular flexibility index (Phi) is 5.26. The molecular formula is C12H16ClN3O3. The van der Waals surface area contributed by atoms with Crippen molar-refractivity contribution < 1.29 is 9.72 Å². The minimum Gasteiger partial charge on any atom is -0.350 e. The standard InChI is InChI=1S/C12H16ClN3O3/c1-7(2)10(14)6-15-12(17)9-4-3-8(13)5-11(9)16(18)19/h3-5,7,10H,6,14H2,1-2H3,(H,15,17). The van der Waals surface area contributed by atoms with Crippen LogP contribution in [0.2, 0.25) is 5.02 Å². The van der Waals surface area contributed by atoms with Crippen LogP contribution in [0.3, 0.4) is 0 Å². The van der Waals surface area contributed by atoms with Gasteiger partial charge in [-0.3, -0.25) is 14.9 Å². The second kappa shape index (κ2) is 6.49. The minimum absolute atomic E-state index is 0.0228. The lowest BCUT2D eigenvalue weighted by atomic mass is 10.1. The van der Waals surface area contributed by atoms with E-state index in [1.165, 1.54) is 12.1 Å². The first-order valence-electron chi connectivity index (χ1n) is 5.80. The number of carbonyl (C=O) groups excluding carboxylic acids is 1. The van der Waals surface area contributed by atoms with E-state index in [0.717, 1.165) is 6.07 Å². The van der Waals surface area contributed by atoms with E-state index in [1.54, 1.807) is 0 Å². The summed E-state index contributed by atoms with van der Waals surface area (Å²) in [5.74, 6) is -0.319. The van der Waals surface area contributed by atoms with Gasteiger partial charge in [0.2, 0.25) is 0 Å². The monoisotopic (exact) mass is 285 g/mol. The van der Waals surface area contributed by atoms with Crippen LogP contribution >= 0.6 is 11.6 Å². The highest BCUT2D eigenvalue weighted by atomic mass is 35.5. The molecule has 1 aromatic carbocycles. The average molecular weight is 286 g/mol. The van der Waals surface area contributed by atoms with Crippen LogP contribution in [0, 0.1) is 16.0 Å². The Morgan fingerprint density at radius 1 is 1.53 bits per heavy atom. The summed E-state index contributed by atoms with van der Waals surface area (Å²) in [7, 11) is 0. The first-order valence-corrected chi connectivity index (χ1v) is 6.18. The number of benzene rings is 1. The van der Waals surface area contributed by atoms with Crippen LogP contribution in [-0.4, -0.2) is 23.4 Å². The molecule has 0 saturated heterocycles. The fraction of sp³-hybridized carbons (Fsp3) is 0.417. The molecule has 0 radical (unpaired) electrons. The zero-order valence-corrected chi connectivity index (χ0v) is 11.5. The van der Waals surface area contributed by atoms with Crippen molar-refractivity contribution in [1.82, 2.24) is 5.32 Å². The highest BCUT2D eigenvalue weighted by Crippen LogP contribution is 2.23. The van der Waals surface area contributed by atoms with Crippen LogP contribution in [-0.2, 0) is 0 Å². The summed E-state index contributed by atoms with van der Waals surface area (Å²) in [6.45, 7) is 4.12. The largest absolute Gasteiger partial charge is 0.350 e. The predicted octanol–water partition coefficient (Wildman–Crippen LogP) is 1.96. The molecule has 0 aromatic heterocycles. The van der Waals surface area contributed by atoms with Crippen LogP contribution in [0.4, 0.5) is 5.69 Å². The molecule has 0 heterocycles. The van der Waals surface area contributed by atoms with Gasteiger partial charge in [0.05, 0.1) is 4.92 Å². The molecule has 0 saturated carbocycles. The van der Waals surface area contributed by atoms with E-state index in [9.17, 15) is 14.9 Å². The molecule has 0 spiro atoms. The number of rotatable bonds is 5. The van der Waals surface area contributed by atoms with E-state index in [2.05, 4.69) is 5.32 Å². The van der Waals surface area contributed by atoms with Gasteiger partial charge < -0.3 is 11.1 Å². The molecule has 0 aliphatic heterocycles. The Hall–Kier alpha value is -1.66. The number of nitro benzene ring substituents is 1. The molecule has 3 N–H and O–H groups in total. The van der Waals surface area contributed by atoms with E-state index in [-0.39, 0.29) is 34.8 Å². The Bertz CT molecular complexity index is 491. The van der Waals surface area contributed by atoms with Crippen molar-refractivity contribution >= 4 is 23.2 Å². The summed E-state index contributed by atoms with van der Waals surface area (Å²) in [6, 6.07) is 3.72. The Morgan fingerprint density at radius 2 is 2.16 bits per heavy atom. The Labute approximate surface area is 116 Å². The summed E-state index contributed by atoms with van der Waals surface area (Å²) < 4.78 is 0. The molecule has 19 heavy (non-hydrogen) atoms. The van der Waals surface area contributed by atoms with Gasteiger partial charge in [0.1, 0.15) is 5.56 Å². The highest BCUT2D eigenvalue weighted by Gasteiger charge is 2.21. The quantitative estimate of drug-likeness (QED) is 0.638. The van der Waals surface area contributed by atoms with E-state index < -0.39 is 10.8 Å². The number of amides is 1. The molecule has 1 atom stereocenters. The number of nitro groups is 1. The first kappa shape index (κ1) is 15.4. The first-order chi connectivity index (χ1) is 8.82. The summed E-state index contributed by atoms with van der Waals surface area (Å²) in [6.07, 6.45) is 0. The topological polar surface area (TPSA) is 98.3 Å². The lowest BCUT2D eigenvalue weighted by Gasteiger charge is -2.16. The van der Waals surface area contributed by atoms with Crippen molar-refractivity contribution in [3.8, 4) is 0 Å². The molecular weight excluding hydrogens is 270 g/mol. The zero-order chi connectivity index (χ0) is 14.6. The second-order valence-electron chi connectivity index (χ2n) is 4.54. The molecule has 1 rings (SSSR count). The van der Waals surface area contributed by atoms with Crippen LogP contribution < -0.4 is 11.1 Å². The van der Waals surface area contributed by atoms with E-state index >= 15 is 0 Å². The summed E-state index contributed by atoms with van der Waals surface area (Å²) >= 11 is 5.68. The van der Waals surface area contributed by atoms with Gasteiger partial charge in [-0.15, -0.1) is 0 Å². The fourth-order valence-corrected chi connectivity index (χ4v) is 1.56. The van der Waals surface area contributed by atoms with Crippen molar-refractivity contribution in [2.24, 2.45) is 11.7 Å². The van der Waals surface area contributed by atoms with Crippen molar-refractivity contribution in [2.45, 2.75) is 19.9 Å². The maximum absolute atomic E-state index is 11.9. The number of carbonyl (C=O) groups is 1. The third-order valence-corrected chi connectivity index (χ3v) is 2.99. The van der Waals surface area contributed by atoms with E-state index in [4.69, 9.17) is 17.3 Å². The van der Waals surface area contributed by atoms with Crippen molar-refractivity contribution in [3.05, 3.63) is 38.9 Å². The van der Waals surface area contributed by atoms with Gasteiger partial charge in [0.15, 0.2) is 0 Å². The normalized spacial score (nSPS) is 12.3. The molecule has 1 aromatic rings. The fourth-order valence-electron chi connectivity index (χ4n) is 1.39. The molecule has 0 aliphatic rings. The molecule has 0 aliphatic carbocycles. The molecule has 6 nitrogen and oxygen atoms in total. The number of nitrogens with two attached hydrogens (primary N) is 1. The van der Waals surface area contributed by atoms with Gasteiger partial charge in [-0.2, -0.15) is 0 Å². The van der Waals surface area contributed by atoms with Gasteiger partial charge in [-0.05, 0) is 18.1 Å². The lowest BCUT2D eigenvalue weighted by Crippen LogP contribution is -2.40.